The van der Waals surface area contributed by atoms with Crippen molar-refractivity contribution < 1.29 is 23.8 Å². The van der Waals surface area contributed by atoms with Crippen LogP contribution in [0.2, 0.25) is 0 Å². The smallest absolute Gasteiger partial charge is 0.337 e. The molecule has 0 saturated carbocycles. The van der Waals surface area contributed by atoms with Gasteiger partial charge in [-0.25, -0.2) is 9.78 Å². The average molecular weight is 452 g/mol. The Hall–Kier alpha value is -3.92. The lowest BCUT2D eigenvalue weighted by molar-refractivity contribution is -0.117. The molecule has 10 heteroatoms. The molecule has 0 atom stereocenters. The van der Waals surface area contributed by atoms with Gasteiger partial charge in [0, 0.05) is 11.8 Å². The van der Waals surface area contributed by atoms with E-state index in [0.29, 0.717) is 59.2 Å². The minimum Gasteiger partial charge on any atom is -0.486 e. The molecule has 2 N–H and O–H groups in total. The van der Waals surface area contributed by atoms with E-state index in [2.05, 4.69) is 15.3 Å². The molecule has 1 aromatic heterocycles. The zero-order valence-electron chi connectivity index (χ0n) is 18.3. The van der Waals surface area contributed by atoms with Crippen LogP contribution in [0, 0.1) is 0 Å². The fourth-order valence-electron chi connectivity index (χ4n) is 3.52. The van der Waals surface area contributed by atoms with E-state index < -0.39 is 5.97 Å². The van der Waals surface area contributed by atoms with Crippen molar-refractivity contribution >= 4 is 28.5 Å². The molecule has 0 aliphatic carbocycles. The van der Waals surface area contributed by atoms with E-state index in [-0.39, 0.29) is 24.6 Å². The highest BCUT2D eigenvalue weighted by Gasteiger charge is 2.16. The van der Waals surface area contributed by atoms with E-state index in [0.717, 1.165) is 0 Å². The number of likely N-dealkylation sites (N-methyl/N-ethyl adjacent to an activating group) is 1. The summed E-state index contributed by atoms with van der Waals surface area (Å²) in [6, 6.07) is 9.81. The average Bonchev–Trinajstić information content (AvgIpc) is 2.82. The van der Waals surface area contributed by atoms with Crippen molar-refractivity contribution in [3.05, 3.63) is 58.1 Å². The van der Waals surface area contributed by atoms with Gasteiger partial charge in [-0.1, -0.05) is 6.92 Å². The van der Waals surface area contributed by atoms with Crippen LogP contribution in [0.15, 0.2) is 41.2 Å². The van der Waals surface area contributed by atoms with Crippen LogP contribution in [0.3, 0.4) is 0 Å². The molecule has 2 heterocycles. The van der Waals surface area contributed by atoms with E-state index in [1.807, 2.05) is 11.8 Å². The number of fused-ring (bicyclic) bond motifs is 2. The Balaban J connectivity index is 1.46. The Morgan fingerprint density at radius 1 is 1.15 bits per heavy atom. The molecular weight excluding hydrogens is 428 g/mol. The topological polar surface area (TPSA) is 123 Å². The van der Waals surface area contributed by atoms with E-state index in [1.165, 1.54) is 25.3 Å². The predicted molar refractivity (Wildman–Crippen MR) is 121 cm³/mol. The number of nitrogens with one attached hydrogen (secondary N) is 2. The number of methoxy groups -OCH3 is 1. The van der Waals surface area contributed by atoms with Crippen LogP contribution in [-0.2, 0) is 16.1 Å². The number of hydrogen-bond acceptors (Lipinski definition) is 8. The highest BCUT2D eigenvalue weighted by atomic mass is 16.6. The van der Waals surface area contributed by atoms with Crippen LogP contribution in [0.25, 0.3) is 10.9 Å². The zero-order chi connectivity index (χ0) is 23.4. The summed E-state index contributed by atoms with van der Waals surface area (Å²) in [5.74, 6) is 0.909. The number of carbonyl (C=O) groups is 2. The Labute approximate surface area is 189 Å². The first-order valence-electron chi connectivity index (χ1n) is 10.5. The summed E-state index contributed by atoms with van der Waals surface area (Å²) in [5.41, 5.74) is 0.977. The van der Waals surface area contributed by atoms with Gasteiger partial charge in [-0.3, -0.25) is 14.5 Å². The monoisotopic (exact) mass is 452 g/mol. The van der Waals surface area contributed by atoms with Gasteiger partial charge in [0.2, 0.25) is 5.91 Å². The SMILES string of the molecule is CCN(CC(=O)Nc1ccc2c(c1)OCCO2)Cc1nc2cc(C(=O)OC)ccc2c(=O)[nH]1. The van der Waals surface area contributed by atoms with Gasteiger partial charge in [-0.2, -0.15) is 0 Å². The van der Waals surface area contributed by atoms with Crippen molar-refractivity contribution in [2.75, 3.05) is 38.7 Å². The number of nitrogens with zero attached hydrogens (tertiary/aromatic N) is 2. The Kier molecular flexibility index (Phi) is 6.55. The largest absolute Gasteiger partial charge is 0.486 e. The van der Waals surface area contributed by atoms with Crippen LogP contribution in [-0.4, -0.2) is 60.2 Å². The summed E-state index contributed by atoms with van der Waals surface area (Å²) in [6.07, 6.45) is 0. The minimum atomic E-state index is -0.508. The molecule has 2 aromatic carbocycles. The number of anilines is 1. The van der Waals surface area contributed by atoms with Crippen molar-refractivity contribution in [3.8, 4) is 11.5 Å². The molecule has 0 saturated heterocycles. The molecule has 4 rings (SSSR count). The molecule has 10 nitrogen and oxygen atoms in total. The number of ether oxygens (including phenoxy) is 3. The van der Waals surface area contributed by atoms with Crippen molar-refractivity contribution in [3.63, 3.8) is 0 Å². The van der Waals surface area contributed by atoms with Crippen molar-refractivity contribution in [2.24, 2.45) is 0 Å². The fraction of sp³-hybridized carbons (Fsp3) is 0.304. The number of rotatable bonds is 7. The zero-order valence-corrected chi connectivity index (χ0v) is 18.3. The molecule has 0 spiro atoms. The molecule has 0 fully saturated rings. The summed E-state index contributed by atoms with van der Waals surface area (Å²) < 4.78 is 15.8. The molecule has 0 unspecified atom stereocenters. The summed E-state index contributed by atoms with van der Waals surface area (Å²) in [5, 5.41) is 3.22. The highest BCUT2D eigenvalue weighted by molar-refractivity contribution is 5.94. The number of esters is 1. The third-order valence-electron chi connectivity index (χ3n) is 5.19. The molecule has 0 radical (unpaired) electrons. The van der Waals surface area contributed by atoms with Crippen molar-refractivity contribution in [2.45, 2.75) is 13.5 Å². The van der Waals surface area contributed by atoms with Gasteiger partial charge in [-0.05, 0) is 36.9 Å². The number of H-pyrrole nitrogens is 1. The predicted octanol–water partition coefficient (Wildman–Crippen LogP) is 1.94. The minimum absolute atomic E-state index is 0.0922. The first-order chi connectivity index (χ1) is 16.0. The number of aromatic nitrogens is 2. The summed E-state index contributed by atoms with van der Waals surface area (Å²) >= 11 is 0. The van der Waals surface area contributed by atoms with Crippen molar-refractivity contribution in [1.82, 2.24) is 14.9 Å². The third-order valence-corrected chi connectivity index (χ3v) is 5.19. The summed E-state index contributed by atoms with van der Waals surface area (Å²) in [7, 11) is 1.29. The first-order valence-corrected chi connectivity index (χ1v) is 10.5. The maximum atomic E-state index is 12.6. The molecule has 172 valence electrons. The van der Waals surface area contributed by atoms with Gasteiger partial charge >= 0.3 is 5.97 Å². The Morgan fingerprint density at radius 3 is 2.70 bits per heavy atom. The van der Waals surface area contributed by atoms with E-state index in [9.17, 15) is 14.4 Å². The van der Waals surface area contributed by atoms with Crippen LogP contribution in [0.1, 0.15) is 23.1 Å². The lowest BCUT2D eigenvalue weighted by Crippen LogP contribution is -2.34. The quantitative estimate of drug-likeness (QED) is 0.522. The van der Waals surface area contributed by atoms with Gasteiger partial charge in [0.1, 0.15) is 19.0 Å². The highest BCUT2D eigenvalue weighted by Crippen LogP contribution is 2.32. The van der Waals surface area contributed by atoms with Crippen molar-refractivity contribution in [1.29, 1.82) is 0 Å². The lowest BCUT2D eigenvalue weighted by Gasteiger charge is -2.21. The van der Waals surface area contributed by atoms with E-state index in [1.54, 1.807) is 18.2 Å². The van der Waals surface area contributed by atoms with Gasteiger partial charge in [0.15, 0.2) is 11.5 Å². The second-order valence-electron chi connectivity index (χ2n) is 7.45. The number of carbonyl (C=O) groups excluding carboxylic acids is 2. The third kappa shape index (κ3) is 5.12. The molecular formula is C23H24N4O6. The lowest BCUT2D eigenvalue weighted by atomic mass is 10.1. The standard InChI is InChI=1S/C23H24N4O6/c1-3-27(13-21(28)24-15-5-7-18-19(11-15)33-9-8-32-18)12-20-25-17-10-14(23(30)31-2)4-6-16(17)22(29)26-20/h4-7,10-11H,3,8-9,12-13H2,1-2H3,(H,24,28)(H,25,26,29). The summed E-state index contributed by atoms with van der Waals surface area (Å²) in [4.78, 5) is 45.9. The second-order valence-corrected chi connectivity index (χ2v) is 7.45. The number of amides is 1. The molecule has 1 aliphatic heterocycles. The van der Waals surface area contributed by atoms with Crippen LogP contribution in [0.5, 0.6) is 11.5 Å². The Bertz CT molecular complexity index is 1260. The van der Waals surface area contributed by atoms with Crippen LogP contribution >= 0.6 is 0 Å². The van der Waals surface area contributed by atoms with Gasteiger partial charge < -0.3 is 24.5 Å². The molecule has 1 aliphatic rings. The maximum Gasteiger partial charge on any atom is 0.337 e. The van der Waals surface area contributed by atoms with Gasteiger partial charge in [0.05, 0.1) is 36.7 Å². The molecule has 33 heavy (non-hydrogen) atoms. The maximum absolute atomic E-state index is 12.6. The van der Waals surface area contributed by atoms with Crippen LogP contribution < -0.4 is 20.3 Å². The van der Waals surface area contributed by atoms with E-state index in [4.69, 9.17) is 14.2 Å². The van der Waals surface area contributed by atoms with Crippen LogP contribution in [0.4, 0.5) is 5.69 Å². The number of aromatic amines is 1. The summed E-state index contributed by atoms with van der Waals surface area (Å²) in [6.45, 7) is 3.77. The molecule has 1 amide bonds. The molecule has 0 bridgehead atoms. The molecule has 3 aromatic rings. The second kappa shape index (κ2) is 9.70. The van der Waals surface area contributed by atoms with E-state index >= 15 is 0 Å². The van der Waals surface area contributed by atoms with Gasteiger partial charge in [-0.15, -0.1) is 0 Å². The Morgan fingerprint density at radius 2 is 1.94 bits per heavy atom. The normalized spacial score (nSPS) is 12.6. The number of benzene rings is 2. The number of hydrogen-bond donors (Lipinski definition) is 2. The first kappa shape index (κ1) is 22.3. The van der Waals surface area contributed by atoms with Gasteiger partial charge in [0.25, 0.3) is 5.56 Å². The fourth-order valence-corrected chi connectivity index (χ4v) is 3.52.